The molecule has 13 heavy (non-hydrogen) atoms. The van der Waals surface area contributed by atoms with E-state index in [9.17, 15) is 4.79 Å². The number of hydrogen-bond acceptors (Lipinski definition) is 2. The maximum Gasteiger partial charge on any atom is 0.152 e. The summed E-state index contributed by atoms with van der Waals surface area (Å²) in [5, 5.41) is 0.535. The third-order valence-corrected chi connectivity index (χ3v) is 2.15. The highest BCUT2D eigenvalue weighted by molar-refractivity contribution is 6.31. The number of aryl methyl sites for hydroxylation is 1. The van der Waals surface area contributed by atoms with E-state index >= 15 is 0 Å². The molecule has 0 N–H and O–H groups in total. The molecule has 66 valence electrons. The smallest absolute Gasteiger partial charge is 0.152 e. The van der Waals surface area contributed by atoms with Crippen molar-refractivity contribution in [3.05, 3.63) is 29.0 Å². The molecule has 0 aliphatic heterocycles. The van der Waals surface area contributed by atoms with Crippen molar-refractivity contribution >= 4 is 28.9 Å². The van der Waals surface area contributed by atoms with Gasteiger partial charge >= 0.3 is 0 Å². The molecule has 3 nitrogen and oxygen atoms in total. The molecule has 0 fully saturated rings. The van der Waals surface area contributed by atoms with Crippen molar-refractivity contribution in [1.29, 1.82) is 0 Å². The van der Waals surface area contributed by atoms with E-state index in [0.29, 0.717) is 10.6 Å². The number of fused-ring (bicyclic) bond motifs is 1. The predicted octanol–water partition coefficient (Wildman–Crippen LogP) is 2.04. The minimum Gasteiger partial charge on any atom is -0.333 e. The Labute approximate surface area is 79.9 Å². The lowest BCUT2D eigenvalue weighted by atomic mass is 10.2. The largest absolute Gasteiger partial charge is 0.333 e. The summed E-state index contributed by atoms with van der Waals surface area (Å²) in [7, 11) is 1.84. The second kappa shape index (κ2) is 2.85. The van der Waals surface area contributed by atoms with Gasteiger partial charge < -0.3 is 4.57 Å². The number of hydrogen-bond donors (Lipinski definition) is 0. The molecule has 2 rings (SSSR count). The van der Waals surface area contributed by atoms with Gasteiger partial charge in [-0.05, 0) is 12.1 Å². The lowest BCUT2D eigenvalue weighted by Crippen LogP contribution is -1.90. The Bertz CT molecular complexity index is 476. The van der Waals surface area contributed by atoms with Gasteiger partial charge in [-0.2, -0.15) is 0 Å². The summed E-state index contributed by atoms with van der Waals surface area (Å²) in [5.74, 6) is 0. The SMILES string of the molecule is Cn1cnc2cc(Cl)cc(C=O)c21. The van der Waals surface area contributed by atoms with Crippen molar-refractivity contribution in [2.24, 2.45) is 7.05 Å². The van der Waals surface area contributed by atoms with Crippen molar-refractivity contribution in [2.45, 2.75) is 0 Å². The van der Waals surface area contributed by atoms with E-state index in [4.69, 9.17) is 11.6 Å². The van der Waals surface area contributed by atoms with Gasteiger partial charge in [-0.1, -0.05) is 11.6 Å². The van der Waals surface area contributed by atoms with Gasteiger partial charge in [-0.25, -0.2) is 4.98 Å². The van der Waals surface area contributed by atoms with Crippen LogP contribution >= 0.6 is 11.6 Å². The van der Waals surface area contributed by atoms with Gasteiger partial charge in [-0.15, -0.1) is 0 Å². The molecule has 0 aliphatic rings. The number of nitrogens with zero attached hydrogens (tertiary/aromatic N) is 2. The maximum atomic E-state index is 10.7. The standard InChI is InChI=1S/C9H7ClN2O/c1-12-5-11-8-3-7(10)2-6(4-13)9(8)12/h2-5H,1H3. The summed E-state index contributed by atoms with van der Waals surface area (Å²) < 4.78 is 1.80. The van der Waals surface area contributed by atoms with Crippen LogP contribution in [0, 0.1) is 0 Å². The molecular weight excluding hydrogens is 188 g/mol. The predicted molar refractivity (Wildman–Crippen MR) is 51.1 cm³/mol. The van der Waals surface area contributed by atoms with Gasteiger partial charge in [0.25, 0.3) is 0 Å². The van der Waals surface area contributed by atoms with Crippen LogP contribution in [0.15, 0.2) is 18.5 Å². The van der Waals surface area contributed by atoms with Crippen LogP contribution in [-0.2, 0) is 7.05 Å². The maximum absolute atomic E-state index is 10.7. The van der Waals surface area contributed by atoms with E-state index < -0.39 is 0 Å². The van der Waals surface area contributed by atoms with Gasteiger partial charge in [0.2, 0.25) is 0 Å². The molecule has 0 radical (unpaired) electrons. The van der Waals surface area contributed by atoms with Crippen molar-refractivity contribution < 1.29 is 4.79 Å². The molecule has 0 amide bonds. The highest BCUT2D eigenvalue weighted by Gasteiger charge is 2.06. The van der Waals surface area contributed by atoms with E-state index in [1.807, 2.05) is 7.05 Å². The van der Waals surface area contributed by atoms with Gasteiger partial charge in [-0.3, -0.25) is 4.79 Å². The summed E-state index contributed by atoms with van der Waals surface area (Å²) in [6, 6.07) is 3.38. The zero-order valence-electron chi connectivity index (χ0n) is 6.99. The zero-order chi connectivity index (χ0) is 9.42. The summed E-state index contributed by atoms with van der Waals surface area (Å²) >= 11 is 5.80. The number of aromatic nitrogens is 2. The second-order valence-electron chi connectivity index (χ2n) is 2.84. The molecular formula is C9H7ClN2O. The summed E-state index contributed by atoms with van der Waals surface area (Å²) in [5.41, 5.74) is 2.14. The average Bonchev–Trinajstić information content (AvgIpc) is 2.46. The fraction of sp³-hybridized carbons (Fsp3) is 0.111. The number of carbonyl (C=O) groups excluding carboxylic acids is 1. The third-order valence-electron chi connectivity index (χ3n) is 1.93. The van der Waals surface area contributed by atoms with E-state index in [2.05, 4.69) is 4.98 Å². The van der Waals surface area contributed by atoms with Crippen LogP contribution in [0.2, 0.25) is 5.02 Å². The summed E-state index contributed by atoms with van der Waals surface area (Å²) in [6.07, 6.45) is 2.45. The fourth-order valence-electron chi connectivity index (χ4n) is 1.38. The van der Waals surface area contributed by atoms with Gasteiger partial charge in [0, 0.05) is 17.6 Å². The number of carbonyl (C=O) groups is 1. The Morgan fingerprint density at radius 3 is 3.00 bits per heavy atom. The molecule has 0 spiro atoms. The minimum absolute atomic E-state index is 0.535. The lowest BCUT2D eigenvalue weighted by Gasteiger charge is -1.98. The average molecular weight is 195 g/mol. The van der Waals surface area contributed by atoms with E-state index in [-0.39, 0.29) is 0 Å². The highest BCUT2D eigenvalue weighted by Crippen LogP contribution is 2.21. The molecule has 2 aromatic rings. The Kier molecular flexibility index (Phi) is 1.81. The number of rotatable bonds is 1. The normalized spacial score (nSPS) is 10.6. The van der Waals surface area contributed by atoms with Gasteiger partial charge in [0.1, 0.15) is 0 Å². The van der Waals surface area contributed by atoms with Gasteiger partial charge in [0.15, 0.2) is 6.29 Å². The first-order chi connectivity index (χ1) is 6.22. The number of imidazole rings is 1. The molecule has 4 heteroatoms. The Hall–Kier alpha value is -1.35. The molecule has 1 heterocycles. The number of aldehydes is 1. The van der Waals surface area contributed by atoms with Crippen LogP contribution in [0.5, 0.6) is 0 Å². The first-order valence-corrected chi connectivity index (χ1v) is 4.16. The molecule has 1 aromatic heterocycles. The highest BCUT2D eigenvalue weighted by atomic mass is 35.5. The molecule has 0 saturated heterocycles. The van der Waals surface area contributed by atoms with Crippen LogP contribution in [0.3, 0.4) is 0 Å². The topological polar surface area (TPSA) is 34.9 Å². The monoisotopic (exact) mass is 194 g/mol. The lowest BCUT2D eigenvalue weighted by molar-refractivity contribution is 0.112. The second-order valence-corrected chi connectivity index (χ2v) is 3.27. The zero-order valence-corrected chi connectivity index (χ0v) is 7.75. The number of benzene rings is 1. The first kappa shape index (κ1) is 8.26. The number of halogens is 1. The van der Waals surface area contributed by atoms with Crippen LogP contribution in [0.1, 0.15) is 10.4 Å². The quantitative estimate of drug-likeness (QED) is 0.652. The Morgan fingerprint density at radius 1 is 1.54 bits per heavy atom. The van der Waals surface area contributed by atoms with Crippen LogP contribution in [0.4, 0.5) is 0 Å². The first-order valence-electron chi connectivity index (χ1n) is 3.78. The molecule has 0 unspecified atom stereocenters. The molecule has 0 atom stereocenters. The van der Waals surface area contributed by atoms with Crippen LogP contribution in [0.25, 0.3) is 11.0 Å². The molecule has 0 bridgehead atoms. The molecule has 0 saturated carbocycles. The van der Waals surface area contributed by atoms with Crippen molar-refractivity contribution in [2.75, 3.05) is 0 Å². The van der Waals surface area contributed by atoms with Crippen LogP contribution < -0.4 is 0 Å². The summed E-state index contributed by atoms with van der Waals surface area (Å²) in [6.45, 7) is 0. The molecule has 0 aliphatic carbocycles. The Balaban J connectivity index is 2.92. The van der Waals surface area contributed by atoms with Crippen molar-refractivity contribution in [3.63, 3.8) is 0 Å². The van der Waals surface area contributed by atoms with Crippen LogP contribution in [-0.4, -0.2) is 15.8 Å². The summed E-state index contributed by atoms with van der Waals surface area (Å²) in [4.78, 5) is 14.8. The Morgan fingerprint density at radius 2 is 2.31 bits per heavy atom. The van der Waals surface area contributed by atoms with E-state index in [1.165, 1.54) is 0 Å². The fourth-order valence-corrected chi connectivity index (χ4v) is 1.61. The minimum atomic E-state index is 0.535. The van der Waals surface area contributed by atoms with Gasteiger partial charge in [0.05, 0.1) is 17.4 Å². The van der Waals surface area contributed by atoms with E-state index in [0.717, 1.165) is 17.3 Å². The van der Waals surface area contributed by atoms with E-state index in [1.54, 1.807) is 23.0 Å². The van der Waals surface area contributed by atoms with Crippen molar-refractivity contribution in [3.8, 4) is 0 Å². The third kappa shape index (κ3) is 1.21. The van der Waals surface area contributed by atoms with Crippen molar-refractivity contribution in [1.82, 2.24) is 9.55 Å². The molecule has 1 aromatic carbocycles.